The molecule has 1 aromatic heterocycles. The lowest BCUT2D eigenvalue weighted by Crippen LogP contribution is -2.28. The minimum Gasteiger partial charge on any atom is -0.280 e. The molecule has 0 radical (unpaired) electrons. The van der Waals surface area contributed by atoms with Gasteiger partial charge in [0.25, 0.3) is 0 Å². The molecule has 1 aliphatic rings. The van der Waals surface area contributed by atoms with Crippen LogP contribution < -0.4 is 4.90 Å². The number of rotatable bonds is 3. The van der Waals surface area contributed by atoms with Crippen molar-refractivity contribution in [2.24, 2.45) is 0 Å². The van der Waals surface area contributed by atoms with E-state index < -0.39 is 0 Å². The van der Waals surface area contributed by atoms with Gasteiger partial charge in [0.15, 0.2) is 5.16 Å². The van der Waals surface area contributed by atoms with Gasteiger partial charge in [0, 0.05) is 0 Å². The lowest BCUT2D eigenvalue weighted by molar-refractivity contribution is -0.115. The molecule has 5 nitrogen and oxygen atoms in total. The second kappa shape index (κ2) is 6.49. The average Bonchev–Trinajstić information content (AvgIpc) is 3.08. The summed E-state index contributed by atoms with van der Waals surface area (Å²) in [6, 6.07) is 16.3. The number of carbonyl (C=O) groups excluding carboxylic acids is 1. The Balaban J connectivity index is 1.71. The predicted octanol–water partition coefficient (Wildman–Crippen LogP) is 3.36. The summed E-state index contributed by atoms with van der Waals surface area (Å²) in [4.78, 5) is 18.9. The fourth-order valence-electron chi connectivity index (χ4n) is 3.01. The molecule has 0 atom stereocenters. The SMILES string of the molecule is O=C(CSc1ncn[nH]1)N1c2ccccc2CCc2ccccc21. The molecule has 2 aromatic carbocycles. The molecule has 120 valence electrons. The zero-order valence-corrected chi connectivity index (χ0v) is 13.8. The van der Waals surface area contributed by atoms with Crippen molar-refractivity contribution in [3.8, 4) is 0 Å². The monoisotopic (exact) mass is 336 g/mol. The molecule has 0 unspecified atom stereocenters. The molecule has 24 heavy (non-hydrogen) atoms. The van der Waals surface area contributed by atoms with Crippen LogP contribution in [0.4, 0.5) is 11.4 Å². The van der Waals surface area contributed by atoms with Gasteiger partial charge in [0.05, 0.1) is 17.1 Å². The van der Waals surface area contributed by atoms with E-state index in [2.05, 4.69) is 27.3 Å². The number of H-pyrrole nitrogens is 1. The molecule has 6 heteroatoms. The third kappa shape index (κ3) is 2.80. The maximum Gasteiger partial charge on any atom is 0.242 e. The zero-order valence-electron chi connectivity index (χ0n) is 13.0. The summed E-state index contributed by atoms with van der Waals surface area (Å²) >= 11 is 1.36. The van der Waals surface area contributed by atoms with E-state index in [0.717, 1.165) is 24.2 Å². The summed E-state index contributed by atoms with van der Waals surface area (Å²) in [5.41, 5.74) is 4.36. The number of amides is 1. The summed E-state index contributed by atoms with van der Waals surface area (Å²) in [5.74, 6) is 0.343. The van der Waals surface area contributed by atoms with Crippen LogP contribution in [0.25, 0.3) is 0 Å². The molecule has 0 saturated carbocycles. The lowest BCUT2D eigenvalue weighted by Gasteiger charge is -2.24. The molecule has 4 rings (SSSR count). The van der Waals surface area contributed by atoms with Crippen molar-refractivity contribution in [3.05, 3.63) is 66.0 Å². The van der Waals surface area contributed by atoms with Crippen molar-refractivity contribution in [1.82, 2.24) is 15.2 Å². The Bertz CT molecular complexity index is 815. The minimum absolute atomic E-state index is 0.0400. The van der Waals surface area contributed by atoms with Crippen LogP contribution in [0, 0.1) is 0 Å². The first-order chi connectivity index (χ1) is 11.8. The number of thioether (sulfide) groups is 1. The van der Waals surface area contributed by atoms with Crippen molar-refractivity contribution in [3.63, 3.8) is 0 Å². The maximum atomic E-state index is 13.0. The Kier molecular flexibility index (Phi) is 4.04. The van der Waals surface area contributed by atoms with Crippen molar-refractivity contribution < 1.29 is 4.79 Å². The van der Waals surface area contributed by atoms with Crippen LogP contribution in [0.3, 0.4) is 0 Å². The lowest BCUT2D eigenvalue weighted by atomic mass is 10.0. The Morgan fingerprint density at radius 1 is 1.04 bits per heavy atom. The smallest absolute Gasteiger partial charge is 0.242 e. The van der Waals surface area contributed by atoms with Gasteiger partial charge in [-0.3, -0.25) is 14.8 Å². The molecule has 0 saturated heterocycles. The first-order valence-electron chi connectivity index (χ1n) is 7.80. The van der Waals surface area contributed by atoms with Crippen molar-refractivity contribution in [2.75, 3.05) is 10.7 Å². The predicted molar refractivity (Wildman–Crippen MR) is 94.5 cm³/mol. The van der Waals surface area contributed by atoms with Crippen LogP contribution in [0.15, 0.2) is 60.0 Å². The van der Waals surface area contributed by atoms with Crippen molar-refractivity contribution >= 4 is 29.0 Å². The fraction of sp³-hybridized carbons (Fsp3) is 0.167. The number of hydrogen-bond acceptors (Lipinski definition) is 4. The normalized spacial score (nSPS) is 13.1. The van der Waals surface area contributed by atoms with Gasteiger partial charge in [-0.15, -0.1) is 0 Å². The summed E-state index contributed by atoms with van der Waals surface area (Å²) in [6.45, 7) is 0. The Hall–Kier alpha value is -2.60. The van der Waals surface area contributed by atoms with Crippen LogP contribution in [0.1, 0.15) is 11.1 Å². The number of nitrogens with one attached hydrogen (secondary N) is 1. The summed E-state index contributed by atoms with van der Waals surface area (Å²) in [6.07, 6.45) is 3.32. The zero-order chi connectivity index (χ0) is 16.4. The van der Waals surface area contributed by atoms with Gasteiger partial charge in [0.2, 0.25) is 5.91 Å². The number of aromatic amines is 1. The molecule has 1 aliphatic heterocycles. The highest BCUT2D eigenvalue weighted by atomic mass is 32.2. The molecule has 0 spiro atoms. The van der Waals surface area contributed by atoms with E-state index in [1.54, 1.807) is 0 Å². The number of anilines is 2. The number of carbonyl (C=O) groups is 1. The molecule has 0 bridgehead atoms. The maximum absolute atomic E-state index is 13.0. The second-order valence-corrected chi connectivity index (χ2v) is 6.53. The van der Waals surface area contributed by atoms with E-state index in [4.69, 9.17) is 0 Å². The first kappa shape index (κ1) is 15.0. The van der Waals surface area contributed by atoms with Crippen LogP contribution in [0.2, 0.25) is 0 Å². The molecular weight excluding hydrogens is 320 g/mol. The summed E-state index contributed by atoms with van der Waals surface area (Å²) in [7, 11) is 0. The highest BCUT2D eigenvalue weighted by Gasteiger charge is 2.25. The van der Waals surface area contributed by atoms with Crippen LogP contribution in [-0.4, -0.2) is 26.8 Å². The van der Waals surface area contributed by atoms with E-state index in [-0.39, 0.29) is 5.91 Å². The first-order valence-corrected chi connectivity index (χ1v) is 8.78. The summed E-state index contributed by atoms with van der Waals surface area (Å²) in [5, 5.41) is 7.25. The van der Waals surface area contributed by atoms with Crippen LogP contribution >= 0.6 is 11.8 Å². The van der Waals surface area contributed by atoms with Gasteiger partial charge in [-0.1, -0.05) is 48.2 Å². The molecule has 3 aromatic rings. The third-order valence-corrected chi connectivity index (χ3v) is 4.96. The van der Waals surface area contributed by atoms with Gasteiger partial charge in [-0.25, -0.2) is 4.98 Å². The van der Waals surface area contributed by atoms with E-state index in [1.807, 2.05) is 41.3 Å². The number of aromatic nitrogens is 3. The molecule has 0 aliphatic carbocycles. The number of benzene rings is 2. The van der Waals surface area contributed by atoms with Crippen molar-refractivity contribution in [2.45, 2.75) is 18.0 Å². The Labute approximate surface area is 144 Å². The van der Waals surface area contributed by atoms with E-state index >= 15 is 0 Å². The number of fused-ring (bicyclic) bond motifs is 2. The topological polar surface area (TPSA) is 61.9 Å². The average molecular weight is 336 g/mol. The molecule has 1 amide bonds. The van der Waals surface area contributed by atoms with Crippen molar-refractivity contribution in [1.29, 1.82) is 0 Å². The van der Waals surface area contributed by atoms with E-state index in [1.165, 1.54) is 29.2 Å². The molecular formula is C18H16N4OS. The molecule has 0 fully saturated rings. The highest BCUT2D eigenvalue weighted by molar-refractivity contribution is 7.99. The number of hydrogen-bond donors (Lipinski definition) is 1. The Morgan fingerprint density at radius 2 is 1.67 bits per heavy atom. The van der Waals surface area contributed by atoms with Gasteiger partial charge >= 0.3 is 0 Å². The quantitative estimate of drug-likeness (QED) is 0.745. The molecule has 1 N–H and O–H groups in total. The number of para-hydroxylation sites is 2. The number of nitrogens with zero attached hydrogens (tertiary/aromatic N) is 3. The van der Waals surface area contributed by atoms with E-state index in [9.17, 15) is 4.79 Å². The largest absolute Gasteiger partial charge is 0.280 e. The standard InChI is InChI=1S/C18H16N4OS/c23-17(11-24-18-19-12-20-21-18)22-15-7-3-1-5-13(15)9-10-14-6-2-4-8-16(14)22/h1-8,12H,9-11H2,(H,19,20,21). The second-order valence-electron chi connectivity index (χ2n) is 5.57. The highest BCUT2D eigenvalue weighted by Crippen LogP contribution is 2.36. The summed E-state index contributed by atoms with van der Waals surface area (Å²) < 4.78 is 0. The number of aryl methyl sites for hydroxylation is 2. The van der Waals surface area contributed by atoms with E-state index in [0.29, 0.717) is 10.9 Å². The van der Waals surface area contributed by atoms with Gasteiger partial charge in [0.1, 0.15) is 6.33 Å². The van der Waals surface area contributed by atoms with Gasteiger partial charge in [-0.05, 0) is 36.1 Å². The fourth-order valence-corrected chi connectivity index (χ4v) is 3.64. The third-order valence-electron chi connectivity index (χ3n) is 4.10. The van der Waals surface area contributed by atoms with Crippen LogP contribution in [0.5, 0.6) is 0 Å². The minimum atomic E-state index is 0.0400. The van der Waals surface area contributed by atoms with Crippen LogP contribution in [-0.2, 0) is 17.6 Å². The molecule has 2 heterocycles. The Morgan fingerprint density at radius 3 is 2.25 bits per heavy atom. The van der Waals surface area contributed by atoms with Gasteiger partial charge in [-0.2, -0.15) is 5.10 Å². The van der Waals surface area contributed by atoms with Gasteiger partial charge < -0.3 is 0 Å².